The van der Waals surface area contributed by atoms with Gasteiger partial charge < -0.3 is 9.47 Å². The number of hydrogen-bond donors (Lipinski definition) is 0. The molecule has 5 rings (SSSR count). The van der Waals surface area contributed by atoms with E-state index in [2.05, 4.69) is 56.7 Å². The maximum absolute atomic E-state index is 4.72. The summed E-state index contributed by atoms with van der Waals surface area (Å²) in [5, 5.41) is 4.28. The first-order valence-electron chi connectivity index (χ1n) is 9.88. The quantitative estimate of drug-likeness (QED) is 0.484. The third-order valence-electron chi connectivity index (χ3n) is 5.72. The molecule has 1 atom stereocenters. The van der Waals surface area contributed by atoms with Crippen LogP contribution in [0.25, 0.3) is 33.3 Å². The van der Waals surface area contributed by atoms with Crippen LogP contribution in [-0.4, -0.2) is 39.6 Å². The number of piperidine rings is 1. The van der Waals surface area contributed by atoms with Crippen LogP contribution in [0.1, 0.15) is 12.8 Å². The van der Waals surface area contributed by atoms with Crippen LogP contribution in [0, 0.1) is 5.92 Å². The number of aromatic nitrogens is 3. The standard InChI is InChI=1S/C23H24N4S/c1-26-8-3-4-17(13-26)14-27-15-21(23-22(27)5-2-7-25-23)20-10-19(11-24-12-20)18-6-9-28-16-18/h2,5-7,9-12,15-17H,3-4,8,13-14H2,1H3. The summed E-state index contributed by atoms with van der Waals surface area (Å²) in [6, 6.07) is 8.61. The topological polar surface area (TPSA) is 34.0 Å². The molecule has 4 aromatic rings. The maximum Gasteiger partial charge on any atom is 0.0959 e. The van der Waals surface area contributed by atoms with E-state index in [0.29, 0.717) is 5.92 Å². The zero-order valence-electron chi connectivity index (χ0n) is 16.1. The Hall–Kier alpha value is -2.50. The van der Waals surface area contributed by atoms with Crippen molar-refractivity contribution in [2.75, 3.05) is 20.1 Å². The Morgan fingerprint density at radius 3 is 2.96 bits per heavy atom. The molecule has 0 bridgehead atoms. The molecule has 0 spiro atoms. The summed E-state index contributed by atoms with van der Waals surface area (Å²) in [5.41, 5.74) is 6.96. The predicted octanol–water partition coefficient (Wildman–Crippen LogP) is 5.17. The van der Waals surface area contributed by atoms with Crippen LogP contribution >= 0.6 is 11.3 Å². The highest BCUT2D eigenvalue weighted by atomic mass is 32.1. The monoisotopic (exact) mass is 388 g/mol. The number of rotatable bonds is 4. The van der Waals surface area contributed by atoms with Gasteiger partial charge in [-0.2, -0.15) is 11.3 Å². The van der Waals surface area contributed by atoms with E-state index in [0.717, 1.165) is 23.2 Å². The second kappa shape index (κ2) is 7.49. The maximum atomic E-state index is 4.72. The highest BCUT2D eigenvalue weighted by Crippen LogP contribution is 2.32. The number of nitrogens with zero attached hydrogens (tertiary/aromatic N) is 4. The Balaban J connectivity index is 1.54. The van der Waals surface area contributed by atoms with Gasteiger partial charge in [-0.25, -0.2) is 0 Å². The Kier molecular flexibility index (Phi) is 4.71. The molecule has 28 heavy (non-hydrogen) atoms. The smallest absolute Gasteiger partial charge is 0.0959 e. The van der Waals surface area contributed by atoms with Crippen LogP contribution in [0.3, 0.4) is 0 Å². The molecule has 4 nitrogen and oxygen atoms in total. The number of pyridine rings is 2. The summed E-state index contributed by atoms with van der Waals surface area (Å²) in [6.45, 7) is 3.44. The Labute approximate surface area is 169 Å². The molecule has 1 aliphatic rings. The first-order chi connectivity index (χ1) is 13.8. The van der Waals surface area contributed by atoms with Crippen LogP contribution in [-0.2, 0) is 6.54 Å². The molecule has 1 aliphatic heterocycles. The van der Waals surface area contributed by atoms with Gasteiger partial charge in [-0.15, -0.1) is 0 Å². The van der Waals surface area contributed by atoms with E-state index in [-0.39, 0.29) is 0 Å². The lowest BCUT2D eigenvalue weighted by Gasteiger charge is -2.30. The van der Waals surface area contributed by atoms with Gasteiger partial charge in [-0.05, 0) is 72.9 Å². The highest BCUT2D eigenvalue weighted by Gasteiger charge is 2.20. The lowest BCUT2D eigenvalue weighted by Crippen LogP contribution is -2.33. The minimum Gasteiger partial charge on any atom is -0.345 e. The van der Waals surface area contributed by atoms with Gasteiger partial charge in [0.15, 0.2) is 0 Å². The van der Waals surface area contributed by atoms with Crippen LogP contribution in [0.4, 0.5) is 0 Å². The SMILES string of the molecule is CN1CCCC(Cn2cc(-c3cncc(-c4ccsc4)c3)c3ncccc32)C1. The minimum atomic E-state index is 0.692. The van der Waals surface area contributed by atoms with Crippen molar-refractivity contribution >= 4 is 22.4 Å². The van der Waals surface area contributed by atoms with E-state index in [1.54, 1.807) is 11.3 Å². The molecule has 4 aromatic heterocycles. The van der Waals surface area contributed by atoms with E-state index < -0.39 is 0 Å². The van der Waals surface area contributed by atoms with Gasteiger partial charge in [0, 0.05) is 54.6 Å². The number of thiophene rings is 1. The fourth-order valence-electron chi connectivity index (χ4n) is 4.36. The van der Waals surface area contributed by atoms with E-state index >= 15 is 0 Å². The summed E-state index contributed by atoms with van der Waals surface area (Å²) in [5.74, 6) is 0.692. The third-order valence-corrected chi connectivity index (χ3v) is 6.40. The molecule has 0 radical (unpaired) electrons. The van der Waals surface area contributed by atoms with Gasteiger partial charge in [-0.3, -0.25) is 9.97 Å². The molecule has 0 aromatic carbocycles. The van der Waals surface area contributed by atoms with Crippen molar-refractivity contribution in [1.29, 1.82) is 0 Å². The summed E-state index contributed by atoms with van der Waals surface area (Å²) >= 11 is 1.71. The van der Waals surface area contributed by atoms with Gasteiger partial charge in [0.25, 0.3) is 0 Å². The fraction of sp³-hybridized carbons (Fsp3) is 0.304. The minimum absolute atomic E-state index is 0.692. The highest BCUT2D eigenvalue weighted by molar-refractivity contribution is 7.08. The first-order valence-corrected chi connectivity index (χ1v) is 10.8. The molecular formula is C23H24N4S. The summed E-state index contributed by atoms with van der Waals surface area (Å²) in [7, 11) is 2.23. The summed E-state index contributed by atoms with van der Waals surface area (Å²) < 4.78 is 2.40. The lowest BCUT2D eigenvalue weighted by molar-refractivity contribution is 0.196. The van der Waals surface area contributed by atoms with E-state index in [1.165, 1.54) is 42.6 Å². The zero-order chi connectivity index (χ0) is 18.9. The third kappa shape index (κ3) is 3.36. The summed E-state index contributed by atoms with van der Waals surface area (Å²) in [4.78, 5) is 11.7. The van der Waals surface area contributed by atoms with Gasteiger partial charge >= 0.3 is 0 Å². The number of likely N-dealkylation sites (tertiary alicyclic amines) is 1. The molecule has 1 unspecified atom stereocenters. The number of fused-ring (bicyclic) bond motifs is 1. The average molecular weight is 389 g/mol. The fourth-order valence-corrected chi connectivity index (χ4v) is 5.02. The van der Waals surface area contributed by atoms with Crippen molar-refractivity contribution in [3.63, 3.8) is 0 Å². The molecule has 1 fully saturated rings. The Bertz CT molecular complexity index is 1080. The van der Waals surface area contributed by atoms with Gasteiger partial charge in [-0.1, -0.05) is 0 Å². The molecule has 0 saturated carbocycles. The largest absolute Gasteiger partial charge is 0.345 e. The van der Waals surface area contributed by atoms with Crippen LogP contribution < -0.4 is 0 Å². The molecule has 0 N–H and O–H groups in total. The second-order valence-electron chi connectivity index (χ2n) is 7.81. The lowest BCUT2D eigenvalue weighted by atomic mass is 9.98. The van der Waals surface area contributed by atoms with E-state index in [1.807, 2.05) is 24.7 Å². The van der Waals surface area contributed by atoms with Crippen LogP contribution in [0.15, 0.2) is 59.8 Å². The van der Waals surface area contributed by atoms with Crippen LogP contribution in [0.2, 0.25) is 0 Å². The number of hydrogen-bond acceptors (Lipinski definition) is 4. The zero-order valence-corrected chi connectivity index (χ0v) is 16.9. The molecule has 0 amide bonds. The summed E-state index contributed by atoms with van der Waals surface area (Å²) in [6.07, 6.45) is 10.7. The van der Waals surface area contributed by atoms with Crippen molar-refractivity contribution in [3.05, 3.63) is 59.8 Å². The van der Waals surface area contributed by atoms with Crippen LogP contribution in [0.5, 0.6) is 0 Å². The first kappa shape index (κ1) is 17.6. The van der Waals surface area contributed by atoms with Crippen molar-refractivity contribution in [2.24, 2.45) is 5.92 Å². The normalized spacial score (nSPS) is 18.0. The van der Waals surface area contributed by atoms with Crippen molar-refractivity contribution < 1.29 is 0 Å². The van der Waals surface area contributed by atoms with Gasteiger partial charge in [0.2, 0.25) is 0 Å². The Morgan fingerprint density at radius 1 is 1.18 bits per heavy atom. The Morgan fingerprint density at radius 2 is 2.11 bits per heavy atom. The van der Waals surface area contributed by atoms with E-state index in [9.17, 15) is 0 Å². The average Bonchev–Trinajstić information content (AvgIpc) is 3.37. The molecule has 5 heterocycles. The molecule has 5 heteroatoms. The van der Waals surface area contributed by atoms with Gasteiger partial charge in [0.1, 0.15) is 0 Å². The van der Waals surface area contributed by atoms with Crippen molar-refractivity contribution in [2.45, 2.75) is 19.4 Å². The van der Waals surface area contributed by atoms with Crippen molar-refractivity contribution in [3.8, 4) is 22.3 Å². The van der Waals surface area contributed by atoms with E-state index in [4.69, 9.17) is 4.98 Å². The molecular weight excluding hydrogens is 364 g/mol. The molecule has 142 valence electrons. The second-order valence-corrected chi connectivity index (χ2v) is 8.59. The van der Waals surface area contributed by atoms with Crippen molar-refractivity contribution in [1.82, 2.24) is 19.4 Å². The van der Waals surface area contributed by atoms with Gasteiger partial charge in [0.05, 0.1) is 11.0 Å². The molecule has 0 aliphatic carbocycles. The molecule has 1 saturated heterocycles. The predicted molar refractivity (Wildman–Crippen MR) is 116 cm³/mol.